The molecule has 11 heteroatoms. The minimum Gasteiger partial charge on any atom is -0.337 e. The quantitative estimate of drug-likeness (QED) is 0.363. The number of hydrogen-bond acceptors (Lipinski definition) is 8. The van der Waals surface area contributed by atoms with Crippen molar-refractivity contribution < 1.29 is 9.59 Å². The van der Waals surface area contributed by atoms with Crippen LogP contribution in [0.3, 0.4) is 0 Å². The molecule has 0 saturated heterocycles. The molecular weight excluding hydrogens is 524 g/mol. The SMILES string of the molecule is C.CC(C)(C)C1=NCC(=O)N1.CC(C)(C)C1=NCC(=O)N1.CC(C)(C)C1=NCC(=S)N1.CC(C)(C)C1=NCC=N1. The summed E-state index contributed by atoms with van der Waals surface area (Å²) in [6.07, 6.45) is 1.85. The van der Waals surface area contributed by atoms with E-state index in [-0.39, 0.29) is 40.9 Å². The number of thiocarbonyl (C=S) groups is 1. The Kier molecular flexibility index (Phi) is 13.7. The van der Waals surface area contributed by atoms with E-state index in [4.69, 9.17) is 12.2 Å². The van der Waals surface area contributed by atoms with Crippen LogP contribution in [0, 0.1) is 21.7 Å². The number of amides is 2. The molecule has 4 heterocycles. The third-order valence-corrected chi connectivity index (χ3v) is 5.49. The van der Waals surface area contributed by atoms with Crippen LogP contribution < -0.4 is 16.0 Å². The molecule has 0 spiro atoms. The molecule has 0 fully saturated rings. The van der Waals surface area contributed by atoms with E-state index in [2.05, 4.69) is 82.5 Å². The molecule has 3 N–H and O–H groups in total. The number of amidine groups is 4. The maximum absolute atomic E-state index is 10.7. The first-order valence-corrected chi connectivity index (χ1v) is 13.6. The van der Waals surface area contributed by atoms with Crippen molar-refractivity contribution in [2.75, 3.05) is 26.2 Å². The Labute approximate surface area is 247 Å². The average Bonchev–Trinajstić information content (AvgIpc) is 3.55. The van der Waals surface area contributed by atoms with Gasteiger partial charge in [0.05, 0.1) is 13.1 Å². The molecule has 10 nitrogen and oxygen atoms in total. The highest BCUT2D eigenvalue weighted by Crippen LogP contribution is 2.19. The van der Waals surface area contributed by atoms with Crippen molar-refractivity contribution in [1.82, 2.24) is 16.0 Å². The number of hydrogen-bond donors (Lipinski definition) is 3. The van der Waals surface area contributed by atoms with E-state index >= 15 is 0 Å². The van der Waals surface area contributed by atoms with Crippen LogP contribution in [-0.2, 0) is 9.59 Å². The van der Waals surface area contributed by atoms with Crippen LogP contribution in [0.2, 0.25) is 0 Å². The zero-order valence-corrected chi connectivity index (χ0v) is 26.7. The van der Waals surface area contributed by atoms with Crippen LogP contribution in [0.5, 0.6) is 0 Å². The second-order valence-electron chi connectivity index (χ2n) is 13.6. The molecule has 4 rings (SSSR count). The number of nitrogens with one attached hydrogen (secondary N) is 3. The average molecular weight is 577 g/mol. The molecule has 0 bridgehead atoms. The molecule has 0 aromatic heterocycles. The van der Waals surface area contributed by atoms with E-state index in [1.165, 1.54) is 0 Å². The molecule has 226 valence electrons. The van der Waals surface area contributed by atoms with Crippen LogP contribution in [-0.4, -0.2) is 72.5 Å². The van der Waals surface area contributed by atoms with Crippen LogP contribution in [0.1, 0.15) is 90.5 Å². The molecule has 2 amide bonds. The number of aliphatic imine (C=N–C) groups is 5. The van der Waals surface area contributed by atoms with Gasteiger partial charge in [0.15, 0.2) is 0 Å². The monoisotopic (exact) mass is 576 g/mol. The Morgan fingerprint density at radius 1 is 0.600 bits per heavy atom. The lowest BCUT2D eigenvalue weighted by atomic mass is 9.95. The highest BCUT2D eigenvalue weighted by molar-refractivity contribution is 7.80. The van der Waals surface area contributed by atoms with Crippen LogP contribution in [0.4, 0.5) is 0 Å². The van der Waals surface area contributed by atoms with Crippen molar-refractivity contribution >= 4 is 58.6 Å². The fraction of sp³-hybridized carbons (Fsp3) is 0.724. The van der Waals surface area contributed by atoms with Gasteiger partial charge in [-0.15, -0.1) is 0 Å². The summed E-state index contributed by atoms with van der Waals surface area (Å²) in [7, 11) is 0. The van der Waals surface area contributed by atoms with Crippen molar-refractivity contribution in [1.29, 1.82) is 0 Å². The standard InChI is InChI=1S/2C7H12N2O.C7H12N2S.C7H12N2.CH4/c3*1-7(2,3)6-8-4-5(10)9-6;1-7(2,3)6-8-4-5-9-6;/h3*4H2,1-3H3,(H,8,9,10);4H,5H2,1-3H3;1H4. The maximum Gasteiger partial charge on any atom is 0.247 e. The highest BCUT2D eigenvalue weighted by Gasteiger charge is 2.26. The van der Waals surface area contributed by atoms with Crippen molar-refractivity contribution in [3.63, 3.8) is 0 Å². The molecule has 0 aliphatic carbocycles. The first-order valence-electron chi connectivity index (χ1n) is 13.2. The van der Waals surface area contributed by atoms with E-state index in [1.807, 2.05) is 47.8 Å². The smallest absolute Gasteiger partial charge is 0.247 e. The Morgan fingerprint density at radius 3 is 1.12 bits per heavy atom. The molecule has 0 aromatic rings. The van der Waals surface area contributed by atoms with Gasteiger partial charge in [-0.2, -0.15) is 0 Å². The van der Waals surface area contributed by atoms with Gasteiger partial charge in [-0.1, -0.05) is 103 Å². The number of carbonyl (C=O) groups excluding carboxylic acids is 2. The second-order valence-corrected chi connectivity index (χ2v) is 14.1. The van der Waals surface area contributed by atoms with Crippen molar-refractivity contribution in [3.8, 4) is 0 Å². The van der Waals surface area contributed by atoms with E-state index in [9.17, 15) is 9.59 Å². The van der Waals surface area contributed by atoms with Gasteiger partial charge in [-0.3, -0.25) is 29.6 Å². The van der Waals surface area contributed by atoms with E-state index in [0.29, 0.717) is 19.6 Å². The number of nitrogens with zero attached hydrogens (tertiary/aromatic N) is 5. The van der Waals surface area contributed by atoms with Gasteiger partial charge in [-0.05, 0) is 0 Å². The summed E-state index contributed by atoms with van der Waals surface area (Å²) in [5, 5.41) is 8.48. The first-order chi connectivity index (χ1) is 17.6. The minimum atomic E-state index is -0.0217. The lowest BCUT2D eigenvalue weighted by Crippen LogP contribution is -2.34. The predicted octanol–water partition coefficient (Wildman–Crippen LogP) is 4.63. The zero-order chi connectivity index (χ0) is 30.2. The third kappa shape index (κ3) is 13.5. The Hall–Kier alpha value is -2.82. The molecular formula is C29H52N8O2S. The van der Waals surface area contributed by atoms with Crippen LogP contribution in [0.25, 0.3) is 0 Å². The van der Waals surface area contributed by atoms with E-state index in [0.717, 1.165) is 34.9 Å². The summed E-state index contributed by atoms with van der Waals surface area (Å²) in [5.41, 5.74) is 0.200. The van der Waals surface area contributed by atoms with Gasteiger partial charge in [-0.25, -0.2) is 4.99 Å². The largest absolute Gasteiger partial charge is 0.337 e. The van der Waals surface area contributed by atoms with Gasteiger partial charge in [0.2, 0.25) is 11.8 Å². The highest BCUT2D eigenvalue weighted by atomic mass is 32.1. The summed E-state index contributed by atoms with van der Waals surface area (Å²) in [4.78, 5) is 42.9. The predicted molar refractivity (Wildman–Crippen MR) is 174 cm³/mol. The van der Waals surface area contributed by atoms with Crippen molar-refractivity contribution in [3.05, 3.63) is 0 Å². The minimum absolute atomic E-state index is 0. The third-order valence-electron chi connectivity index (χ3n) is 5.25. The maximum atomic E-state index is 10.7. The zero-order valence-electron chi connectivity index (χ0n) is 25.9. The first kappa shape index (κ1) is 37.2. The summed E-state index contributed by atoms with van der Waals surface area (Å²) in [6.45, 7) is 26.9. The van der Waals surface area contributed by atoms with E-state index in [1.54, 1.807) is 0 Å². The lowest BCUT2D eigenvalue weighted by molar-refractivity contribution is -0.118. The summed E-state index contributed by atoms with van der Waals surface area (Å²) in [6, 6.07) is 0. The topological polar surface area (TPSA) is 132 Å². The molecule has 0 aromatic carbocycles. The molecule has 0 unspecified atom stereocenters. The fourth-order valence-electron chi connectivity index (χ4n) is 3.09. The summed E-state index contributed by atoms with van der Waals surface area (Å²) >= 11 is 4.94. The number of carbonyl (C=O) groups is 2. The Balaban J connectivity index is 0.000000503. The number of rotatable bonds is 0. The lowest BCUT2D eigenvalue weighted by Gasteiger charge is -2.17. The Morgan fingerprint density at radius 2 is 0.975 bits per heavy atom. The van der Waals surface area contributed by atoms with Gasteiger partial charge in [0.1, 0.15) is 41.4 Å². The van der Waals surface area contributed by atoms with Gasteiger partial charge >= 0.3 is 0 Å². The normalized spacial score (nSPS) is 18.1. The second kappa shape index (κ2) is 14.7. The van der Waals surface area contributed by atoms with Crippen LogP contribution >= 0.6 is 12.2 Å². The molecule has 4 aliphatic heterocycles. The molecule has 0 radical (unpaired) electrons. The van der Waals surface area contributed by atoms with Crippen LogP contribution in [0.15, 0.2) is 25.0 Å². The van der Waals surface area contributed by atoms with Gasteiger partial charge in [0, 0.05) is 27.9 Å². The van der Waals surface area contributed by atoms with E-state index < -0.39 is 0 Å². The van der Waals surface area contributed by atoms with Gasteiger partial charge < -0.3 is 16.0 Å². The fourth-order valence-corrected chi connectivity index (χ4v) is 3.25. The van der Waals surface area contributed by atoms with Gasteiger partial charge in [0.25, 0.3) is 0 Å². The summed E-state index contributed by atoms with van der Waals surface area (Å²) in [5.74, 6) is 3.60. The molecule has 0 atom stereocenters. The summed E-state index contributed by atoms with van der Waals surface area (Å²) < 4.78 is 0. The molecule has 4 aliphatic rings. The van der Waals surface area contributed by atoms with Crippen molar-refractivity contribution in [2.45, 2.75) is 90.5 Å². The Bertz CT molecular complexity index is 969. The van der Waals surface area contributed by atoms with Crippen molar-refractivity contribution in [2.24, 2.45) is 46.6 Å². The molecule has 40 heavy (non-hydrogen) atoms. The molecule has 0 saturated carbocycles.